The third-order valence-electron chi connectivity index (χ3n) is 6.07. The van der Waals surface area contributed by atoms with Crippen LogP contribution in [0.5, 0.6) is 5.75 Å². The van der Waals surface area contributed by atoms with Gasteiger partial charge in [0.2, 0.25) is 11.8 Å². The monoisotopic (exact) mass is 438 g/mol. The lowest BCUT2D eigenvalue weighted by molar-refractivity contribution is -0.137. The minimum Gasteiger partial charge on any atom is -0.495 e. The topological polar surface area (TPSA) is 65.1 Å². The number of nitrogens with zero attached hydrogens (tertiary/aromatic N) is 3. The number of piperazine rings is 1. The van der Waals surface area contributed by atoms with Gasteiger partial charge in [-0.1, -0.05) is 37.3 Å². The Kier molecular flexibility index (Phi) is 8.11. The van der Waals surface area contributed by atoms with Gasteiger partial charge in [-0.15, -0.1) is 0 Å². The number of para-hydroxylation sites is 3. The zero-order valence-corrected chi connectivity index (χ0v) is 19.5. The van der Waals surface area contributed by atoms with Crippen molar-refractivity contribution in [2.75, 3.05) is 57.1 Å². The van der Waals surface area contributed by atoms with Crippen LogP contribution in [0.25, 0.3) is 0 Å². The molecule has 1 saturated heterocycles. The molecular weight excluding hydrogens is 404 g/mol. The number of benzene rings is 2. The van der Waals surface area contributed by atoms with Crippen LogP contribution in [0.1, 0.15) is 19.4 Å². The van der Waals surface area contributed by atoms with Crippen LogP contribution in [0.15, 0.2) is 48.5 Å². The summed E-state index contributed by atoms with van der Waals surface area (Å²) in [6.07, 6.45) is 0.836. The summed E-state index contributed by atoms with van der Waals surface area (Å²) in [5.41, 5.74) is 2.97. The van der Waals surface area contributed by atoms with Crippen molar-refractivity contribution in [2.45, 2.75) is 26.3 Å². The molecular formula is C25H34N4O3. The molecule has 172 valence electrons. The van der Waals surface area contributed by atoms with E-state index < -0.39 is 0 Å². The van der Waals surface area contributed by atoms with E-state index in [2.05, 4.69) is 28.1 Å². The van der Waals surface area contributed by atoms with E-state index in [9.17, 15) is 9.59 Å². The zero-order chi connectivity index (χ0) is 23.1. The zero-order valence-electron chi connectivity index (χ0n) is 19.5. The molecule has 1 N–H and O–H groups in total. The average molecular weight is 439 g/mol. The Morgan fingerprint density at radius 2 is 1.72 bits per heavy atom. The fourth-order valence-corrected chi connectivity index (χ4v) is 4.15. The van der Waals surface area contributed by atoms with E-state index in [1.807, 2.05) is 49.4 Å². The summed E-state index contributed by atoms with van der Waals surface area (Å²) in [6, 6.07) is 15.5. The van der Waals surface area contributed by atoms with Gasteiger partial charge in [0.1, 0.15) is 5.75 Å². The van der Waals surface area contributed by atoms with E-state index in [4.69, 9.17) is 4.74 Å². The van der Waals surface area contributed by atoms with Crippen molar-refractivity contribution in [3.63, 3.8) is 0 Å². The molecule has 0 aliphatic carbocycles. The number of nitrogens with one attached hydrogen (secondary N) is 1. The first-order chi connectivity index (χ1) is 15.4. The van der Waals surface area contributed by atoms with Gasteiger partial charge in [0.05, 0.1) is 25.4 Å². The van der Waals surface area contributed by atoms with Crippen molar-refractivity contribution in [2.24, 2.45) is 0 Å². The van der Waals surface area contributed by atoms with E-state index in [0.717, 1.165) is 55.3 Å². The molecule has 2 aromatic carbocycles. The van der Waals surface area contributed by atoms with Crippen molar-refractivity contribution in [3.8, 4) is 5.75 Å². The van der Waals surface area contributed by atoms with E-state index in [-0.39, 0.29) is 24.4 Å². The molecule has 2 aromatic rings. The van der Waals surface area contributed by atoms with Crippen LogP contribution >= 0.6 is 0 Å². The Morgan fingerprint density at radius 3 is 2.41 bits per heavy atom. The first-order valence-electron chi connectivity index (χ1n) is 11.2. The highest BCUT2D eigenvalue weighted by atomic mass is 16.5. The summed E-state index contributed by atoms with van der Waals surface area (Å²) in [6.45, 7) is 7.18. The number of ether oxygens (including phenoxy) is 1. The summed E-state index contributed by atoms with van der Waals surface area (Å²) >= 11 is 0. The summed E-state index contributed by atoms with van der Waals surface area (Å²) in [4.78, 5) is 31.5. The smallest absolute Gasteiger partial charge is 0.243 e. The van der Waals surface area contributed by atoms with Gasteiger partial charge in [0, 0.05) is 38.9 Å². The molecule has 1 aliphatic heterocycles. The second-order valence-electron chi connectivity index (χ2n) is 8.12. The molecule has 1 atom stereocenters. The van der Waals surface area contributed by atoms with Crippen molar-refractivity contribution < 1.29 is 14.3 Å². The maximum atomic E-state index is 13.0. The van der Waals surface area contributed by atoms with E-state index in [0.29, 0.717) is 0 Å². The number of aryl methyl sites for hydroxylation is 1. The maximum absolute atomic E-state index is 13.0. The van der Waals surface area contributed by atoms with Crippen molar-refractivity contribution in [1.29, 1.82) is 0 Å². The number of hydrogen-bond acceptors (Lipinski definition) is 5. The van der Waals surface area contributed by atoms with E-state index >= 15 is 0 Å². The fourth-order valence-electron chi connectivity index (χ4n) is 4.15. The van der Waals surface area contributed by atoms with E-state index in [1.165, 1.54) is 4.90 Å². The van der Waals surface area contributed by atoms with Crippen LogP contribution in [0.4, 0.5) is 11.4 Å². The standard InChI is InChI=1S/C25H34N4O3/c1-5-20-10-6-7-11-21(20)26-24(30)18-27(3)25(31)19(2)28-14-16-29(17-15-28)22-12-8-9-13-23(22)32-4/h6-13,19H,5,14-18H2,1-4H3,(H,26,30). The Morgan fingerprint density at radius 1 is 1.06 bits per heavy atom. The number of hydrogen-bond donors (Lipinski definition) is 1. The molecule has 0 aromatic heterocycles. The lowest BCUT2D eigenvalue weighted by atomic mass is 10.1. The fraction of sp³-hybridized carbons (Fsp3) is 0.440. The largest absolute Gasteiger partial charge is 0.495 e. The molecule has 2 amide bonds. The Hall–Kier alpha value is -3.06. The second-order valence-corrected chi connectivity index (χ2v) is 8.12. The van der Waals surface area contributed by atoms with Crippen molar-refractivity contribution in [3.05, 3.63) is 54.1 Å². The molecule has 1 fully saturated rings. The lowest BCUT2D eigenvalue weighted by Gasteiger charge is -2.39. The normalized spacial score (nSPS) is 15.2. The van der Waals surface area contributed by atoms with Crippen LogP contribution in [0, 0.1) is 0 Å². The number of methoxy groups -OCH3 is 1. The van der Waals surface area contributed by atoms with Gasteiger partial charge in [-0.3, -0.25) is 14.5 Å². The first-order valence-corrected chi connectivity index (χ1v) is 11.2. The molecule has 7 heteroatoms. The maximum Gasteiger partial charge on any atom is 0.243 e. The number of anilines is 2. The summed E-state index contributed by atoms with van der Waals surface area (Å²) in [7, 11) is 3.37. The highest BCUT2D eigenvalue weighted by Crippen LogP contribution is 2.28. The van der Waals surface area contributed by atoms with Gasteiger partial charge in [-0.05, 0) is 37.1 Å². The molecule has 32 heavy (non-hydrogen) atoms. The molecule has 0 saturated carbocycles. The first kappa shape index (κ1) is 23.6. The van der Waals surface area contributed by atoms with Crippen LogP contribution in [-0.4, -0.2) is 74.5 Å². The van der Waals surface area contributed by atoms with Crippen molar-refractivity contribution >= 4 is 23.2 Å². The number of likely N-dealkylation sites (N-methyl/N-ethyl adjacent to an activating group) is 1. The number of carbonyl (C=O) groups is 2. The Bertz CT molecular complexity index is 925. The molecule has 1 unspecified atom stereocenters. The highest BCUT2D eigenvalue weighted by Gasteiger charge is 2.29. The molecule has 0 spiro atoms. The summed E-state index contributed by atoms with van der Waals surface area (Å²) in [5, 5.41) is 2.94. The third kappa shape index (κ3) is 5.59. The van der Waals surface area contributed by atoms with Gasteiger partial charge in [-0.25, -0.2) is 0 Å². The summed E-state index contributed by atoms with van der Waals surface area (Å²) < 4.78 is 5.48. The van der Waals surface area contributed by atoms with Crippen LogP contribution in [0.3, 0.4) is 0 Å². The van der Waals surface area contributed by atoms with Gasteiger partial charge in [0.25, 0.3) is 0 Å². The number of amides is 2. The van der Waals surface area contributed by atoms with Crippen LogP contribution in [0.2, 0.25) is 0 Å². The quantitative estimate of drug-likeness (QED) is 0.687. The van der Waals surface area contributed by atoms with Gasteiger partial charge >= 0.3 is 0 Å². The van der Waals surface area contributed by atoms with Crippen molar-refractivity contribution in [1.82, 2.24) is 9.80 Å². The predicted octanol–water partition coefficient (Wildman–Crippen LogP) is 2.87. The predicted molar refractivity (Wildman–Crippen MR) is 128 cm³/mol. The molecule has 0 bridgehead atoms. The number of rotatable bonds is 8. The third-order valence-corrected chi connectivity index (χ3v) is 6.07. The number of carbonyl (C=O) groups excluding carboxylic acids is 2. The van der Waals surface area contributed by atoms with Gasteiger partial charge in [0.15, 0.2) is 0 Å². The van der Waals surface area contributed by atoms with Gasteiger partial charge < -0.3 is 19.9 Å². The molecule has 0 radical (unpaired) electrons. The molecule has 3 rings (SSSR count). The second kappa shape index (κ2) is 11.0. The van der Waals surface area contributed by atoms with Crippen LogP contribution in [-0.2, 0) is 16.0 Å². The van der Waals surface area contributed by atoms with Crippen LogP contribution < -0.4 is 15.0 Å². The lowest BCUT2D eigenvalue weighted by Crippen LogP contribution is -2.54. The summed E-state index contributed by atoms with van der Waals surface area (Å²) in [5.74, 6) is 0.630. The SMILES string of the molecule is CCc1ccccc1NC(=O)CN(C)C(=O)C(C)N1CCN(c2ccccc2OC)CC1. The minimum atomic E-state index is -0.282. The Labute approximate surface area is 190 Å². The average Bonchev–Trinajstić information content (AvgIpc) is 2.83. The molecule has 1 heterocycles. The molecule has 1 aliphatic rings. The van der Waals surface area contributed by atoms with E-state index in [1.54, 1.807) is 14.2 Å². The Balaban J connectivity index is 1.52. The minimum absolute atomic E-state index is 0.0302. The highest BCUT2D eigenvalue weighted by molar-refractivity contribution is 5.95. The van der Waals surface area contributed by atoms with Gasteiger partial charge in [-0.2, -0.15) is 0 Å². The molecule has 7 nitrogen and oxygen atoms in total.